The summed E-state index contributed by atoms with van der Waals surface area (Å²) in [5.74, 6) is 0.844. The largest absolute Gasteiger partial charge is 0.490 e. The maximum absolute atomic E-state index is 13.9. The van der Waals surface area contributed by atoms with Gasteiger partial charge in [0, 0.05) is 11.5 Å². The molecule has 0 saturated heterocycles. The molecule has 3 rings (SSSR count). The zero-order chi connectivity index (χ0) is 16.6. The summed E-state index contributed by atoms with van der Waals surface area (Å²) in [4.78, 5) is 0. The molecule has 1 aromatic rings. The Morgan fingerprint density at radius 1 is 1.30 bits per heavy atom. The van der Waals surface area contributed by atoms with Crippen LogP contribution in [0.5, 0.6) is 5.75 Å². The first-order valence-corrected chi connectivity index (χ1v) is 9.38. The Balaban J connectivity index is 1.85. The van der Waals surface area contributed by atoms with Crippen LogP contribution in [0.3, 0.4) is 0 Å². The van der Waals surface area contributed by atoms with E-state index >= 15 is 0 Å². The van der Waals surface area contributed by atoms with E-state index < -0.39 is 15.7 Å². The molecule has 0 N–H and O–H groups in total. The molecule has 23 heavy (non-hydrogen) atoms. The predicted molar refractivity (Wildman–Crippen MR) is 91.8 cm³/mol. The van der Waals surface area contributed by atoms with Crippen LogP contribution in [0.25, 0.3) is 0 Å². The van der Waals surface area contributed by atoms with Gasteiger partial charge in [-0.2, -0.15) is 4.40 Å². The van der Waals surface area contributed by atoms with Gasteiger partial charge in [-0.05, 0) is 70.6 Å². The van der Waals surface area contributed by atoms with E-state index in [1.165, 1.54) is 18.9 Å². The van der Waals surface area contributed by atoms with Gasteiger partial charge in [0.2, 0.25) is 0 Å². The van der Waals surface area contributed by atoms with Gasteiger partial charge in [-0.15, -0.1) is 0 Å². The molecule has 0 radical (unpaired) electrons. The number of ether oxygens (including phenoxy) is 1. The highest BCUT2D eigenvalue weighted by Gasteiger charge is 2.31. The minimum Gasteiger partial charge on any atom is -0.490 e. The Kier molecular flexibility index (Phi) is 4.59. The first-order valence-electron chi connectivity index (χ1n) is 8.28. The van der Waals surface area contributed by atoms with E-state index in [0.717, 1.165) is 24.1 Å². The third kappa shape index (κ3) is 4.40. The van der Waals surface area contributed by atoms with Crippen molar-refractivity contribution >= 4 is 16.7 Å². The monoisotopic (exact) mass is 337 g/mol. The maximum Gasteiger partial charge on any atom is 0.165 e. The topological polar surface area (TPSA) is 38.7 Å². The summed E-state index contributed by atoms with van der Waals surface area (Å²) in [5.41, 5.74) is 1.66. The summed E-state index contributed by atoms with van der Waals surface area (Å²) in [6.45, 7) is 6.30. The molecule has 0 aliphatic heterocycles. The molecule has 1 unspecified atom stereocenters. The van der Waals surface area contributed by atoms with Crippen molar-refractivity contribution in [1.82, 2.24) is 0 Å². The van der Waals surface area contributed by atoms with Crippen LogP contribution in [0.2, 0.25) is 0 Å². The lowest BCUT2D eigenvalue weighted by Crippen LogP contribution is -2.21. The smallest absolute Gasteiger partial charge is 0.165 e. The fourth-order valence-corrected chi connectivity index (χ4v) is 2.92. The Morgan fingerprint density at radius 2 is 2.00 bits per heavy atom. The van der Waals surface area contributed by atoms with E-state index in [2.05, 4.69) is 4.40 Å². The second-order valence-corrected chi connectivity index (χ2v) is 9.42. The van der Waals surface area contributed by atoms with Crippen molar-refractivity contribution in [2.75, 3.05) is 6.61 Å². The van der Waals surface area contributed by atoms with Crippen molar-refractivity contribution in [3.8, 4) is 5.75 Å². The zero-order valence-electron chi connectivity index (χ0n) is 14.0. The Labute approximate surface area is 139 Å². The van der Waals surface area contributed by atoms with Gasteiger partial charge in [-0.25, -0.2) is 8.60 Å². The Bertz CT molecular complexity index is 643. The van der Waals surface area contributed by atoms with Gasteiger partial charge in [0.25, 0.3) is 0 Å². The van der Waals surface area contributed by atoms with E-state index in [4.69, 9.17) is 4.74 Å². The lowest BCUT2D eigenvalue weighted by molar-refractivity contribution is 0.285. The molecule has 0 aromatic heterocycles. The molecule has 2 aliphatic rings. The van der Waals surface area contributed by atoms with Crippen LogP contribution < -0.4 is 4.74 Å². The molecule has 2 fully saturated rings. The van der Waals surface area contributed by atoms with E-state index in [1.54, 1.807) is 12.1 Å². The molecule has 2 aliphatic carbocycles. The van der Waals surface area contributed by atoms with Gasteiger partial charge in [0.15, 0.2) is 11.6 Å². The number of halogens is 1. The lowest BCUT2D eigenvalue weighted by atomic mass is 10.1. The summed E-state index contributed by atoms with van der Waals surface area (Å²) in [6, 6.07) is 4.86. The SMILES string of the molecule is CC(C)(C)S(=O)/N=C(/c1ccc(F)c(OCC2CC2)c1)C1CC1. The number of hydrogen-bond acceptors (Lipinski definition) is 2. The molecule has 0 spiro atoms. The van der Waals surface area contributed by atoms with Crippen molar-refractivity contribution in [2.45, 2.75) is 51.2 Å². The first kappa shape index (κ1) is 16.6. The van der Waals surface area contributed by atoms with Crippen LogP contribution in [0.1, 0.15) is 52.0 Å². The Hall–Kier alpha value is -1.23. The fraction of sp³-hybridized carbons (Fsp3) is 0.611. The molecule has 5 heteroatoms. The van der Waals surface area contributed by atoms with Gasteiger partial charge in [-0.3, -0.25) is 0 Å². The standard InChI is InChI=1S/C18H24FNO2S/c1-18(2,3)23(21)20-17(13-6-7-13)14-8-9-15(19)16(10-14)22-11-12-4-5-12/h8-10,12-13H,4-7,11H2,1-3H3/b20-17+. The summed E-state index contributed by atoms with van der Waals surface area (Å²) in [5, 5.41) is 0. The first-order chi connectivity index (χ1) is 10.8. The maximum atomic E-state index is 13.9. The Morgan fingerprint density at radius 3 is 2.57 bits per heavy atom. The normalized spacial score (nSPS) is 20.4. The van der Waals surface area contributed by atoms with Crippen molar-refractivity contribution in [2.24, 2.45) is 16.2 Å². The number of rotatable bonds is 6. The minimum atomic E-state index is -1.31. The number of benzene rings is 1. The van der Waals surface area contributed by atoms with Crippen molar-refractivity contribution < 1.29 is 13.3 Å². The molecule has 2 saturated carbocycles. The van der Waals surface area contributed by atoms with Crippen LogP contribution in [0.4, 0.5) is 4.39 Å². The summed E-state index contributed by atoms with van der Waals surface area (Å²) in [6.07, 6.45) is 4.44. The summed E-state index contributed by atoms with van der Waals surface area (Å²) >= 11 is 0. The second kappa shape index (κ2) is 6.34. The van der Waals surface area contributed by atoms with E-state index in [0.29, 0.717) is 18.4 Å². The second-order valence-electron chi connectivity index (χ2n) is 7.51. The highest BCUT2D eigenvalue weighted by Crippen LogP contribution is 2.36. The molecular formula is C18H24FNO2S. The summed E-state index contributed by atoms with van der Waals surface area (Å²) in [7, 11) is -1.31. The van der Waals surface area contributed by atoms with Crippen LogP contribution in [-0.2, 0) is 11.0 Å². The molecule has 1 atom stereocenters. The predicted octanol–water partition coefficient (Wildman–Crippen LogP) is 4.28. The quantitative estimate of drug-likeness (QED) is 0.727. The average molecular weight is 337 g/mol. The highest BCUT2D eigenvalue weighted by atomic mass is 32.2. The van der Waals surface area contributed by atoms with Crippen molar-refractivity contribution in [3.63, 3.8) is 0 Å². The van der Waals surface area contributed by atoms with Gasteiger partial charge >= 0.3 is 0 Å². The van der Waals surface area contributed by atoms with E-state index in [1.807, 2.05) is 20.8 Å². The van der Waals surface area contributed by atoms with Crippen molar-refractivity contribution in [1.29, 1.82) is 0 Å². The summed E-state index contributed by atoms with van der Waals surface area (Å²) < 4.78 is 36.0. The minimum absolute atomic E-state index is 0.282. The molecule has 1 aromatic carbocycles. The molecule has 0 amide bonds. The number of hydrogen-bond donors (Lipinski definition) is 0. The highest BCUT2D eigenvalue weighted by molar-refractivity contribution is 7.85. The molecule has 0 bridgehead atoms. The van der Waals surface area contributed by atoms with Crippen LogP contribution in [0, 0.1) is 17.7 Å². The third-order valence-electron chi connectivity index (χ3n) is 4.07. The van der Waals surface area contributed by atoms with E-state index in [9.17, 15) is 8.60 Å². The average Bonchev–Trinajstić information content (AvgIpc) is 3.36. The lowest BCUT2D eigenvalue weighted by Gasteiger charge is -2.16. The van der Waals surface area contributed by atoms with Gasteiger partial charge in [-0.1, -0.05) is 0 Å². The zero-order valence-corrected chi connectivity index (χ0v) is 14.8. The van der Waals surface area contributed by atoms with Crippen LogP contribution >= 0.6 is 0 Å². The molecule has 126 valence electrons. The van der Waals surface area contributed by atoms with Crippen LogP contribution in [-0.4, -0.2) is 21.3 Å². The van der Waals surface area contributed by atoms with Crippen molar-refractivity contribution in [3.05, 3.63) is 29.6 Å². The van der Waals surface area contributed by atoms with Gasteiger partial charge < -0.3 is 4.74 Å². The fourth-order valence-electron chi connectivity index (χ4n) is 2.21. The van der Waals surface area contributed by atoms with Crippen LogP contribution in [0.15, 0.2) is 22.6 Å². The number of nitrogens with zero attached hydrogens (tertiary/aromatic N) is 1. The molecule has 3 nitrogen and oxygen atoms in total. The van der Waals surface area contributed by atoms with Gasteiger partial charge in [0.1, 0.15) is 11.0 Å². The third-order valence-corrected chi connectivity index (χ3v) is 5.48. The van der Waals surface area contributed by atoms with Gasteiger partial charge in [0.05, 0.1) is 17.1 Å². The molecular weight excluding hydrogens is 313 g/mol. The molecule has 0 heterocycles. The van der Waals surface area contributed by atoms with E-state index in [-0.39, 0.29) is 11.6 Å².